The van der Waals surface area contributed by atoms with Gasteiger partial charge < -0.3 is 15.1 Å². The minimum absolute atomic E-state index is 0.0141. The van der Waals surface area contributed by atoms with Gasteiger partial charge >= 0.3 is 0 Å². The molecule has 2 saturated heterocycles. The molecule has 1 atom stereocenters. The van der Waals surface area contributed by atoms with Crippen molar-refractivity contribution in [2.75, 3.05) is 46.3 Å². The summed E-state index contributed by atoms with van der Waals surface area (Å²) in [6.45, 7) is 7.11. The third-order valence-corrected chi connectivity index (χ3v) is 7.59. The van der Waals surface area contributed by atoms with Gasteiger partial charge in [-0.15, -0.1) is 0 Å². The lowest BCUT2D eigenvalue weighted by Crippen LogP contribution is -2.45. The fraction of sp³-hybridized carbons (Fsp3) is 0.400. The summed E-state index contributed by atoms with van der Waals surface area (Å²) in [6.07, 6.45) is 1.66. The Morgan fingerprint density at radius 2 is 1.58 bits per heavy atom. The van der Waals surface area contributed by atoms with Crippen LogP contribution in [0.15, 0.2) is 66.7 Å². The molecule has 6 heteroatoms. The number of rotatable bonds is 6. The molecule has 0 aromatic heterocycles. The lowest BCUT2D eigenvalue weighted by molar-refractivity contribution is -0.126. The van der Waals surface area contributed by atoms with Crippen LogP contribution in [-0.4, -0.2) is 72.8 Å². The van der Waals surface area contributed by atoms with Crippen LogP contribution in [0.1, 0.15) is 34.3 Å². The molecule has 1 unspecified atom stereocenters. The summed E-state index contributed by atoms with van der Waals surface area (Å²) in [6, 6.07) is 22.4. The molecule has 1 N–H and O–H groups in total. The first-order chi connectivity index (χ1) is 17.6. The predicted molar refractivity (Wildman–Crippen MR) is 144 cm³/mol. The number of benzene rings is 3. The quantitative estimate of drug-likeness (QED) is 0.579. The van der Waals surface area contributed by atoms with Crippen molar-refractivity contribution < 1.29 is 9.59 Å². The average Bonchev–Trinajstić information content (AvgIpc) is 2.93. The van der Waals surface area contributed by atoms with E-state index in [2.05, 4.69) is 46.4 Å². The normalized spacial score (nSPS) is 19.4. The molecule has 2 fully saturated rings. The smallest absolute Gasteiger partial charge is 0.254 e. The number of hydrogen-bond acceptors (Lipinski definition) is 4. The second-order valence-electron chi connectivity index (χ2n) is 10.2. The van der Waals surface area contributed by atoms with E-state index in [-0.39, 0.29) is 17.7 Å². The summed E-state index contributed by atoms with van der Waals surface area (Å²) in [5.74, 6) is -0.124. The maximum Gasteiger partial charge on any atom is 0.254 e. The second-order valence-corrected chi connectivity index (χ2v) is 10.2. The Kier molecular flexibility index (Phi) is 7.63. The van der Waals surface area contributed by atoms with E-state index in [0.717, 1.165) is 61.9 Å². The topological polar surface area (TPSA) is 55.9 Å². The molecule has 0 aliphatic carbocycles. The Balaban J connectivity index is 1.14. The zero-order valence-electron chi connectivity index (χ0n) is 21.2. The molecule has 5 rings (SSSR count). The first kappa shape index (κ1) is 24.5. The molecule has 36 heavy (non-hydrogen) atoms. The molecule has 0 saturated carbocycles. The Labute approximate surface area is 213 Å². The predicted octanol–water partition coefficient (Wildman–Crippen LogP) is 3.76. The van der Waals surface area contributed by atoms with Crippen LogP contribution in [0.2, 0.25) is 0 Å². The van der Waals surface area contributed by atoms with E-state index in [1.54, 1.807) is 0 Å². The van der Waals surface area contributed by atoms with E-state index < -0.39 is 0 Å². The van der Waals surface area contributed by atoms with Gasteiger partial charge in [-0.3, -0.25) is 14.5 Å². The second kappa shape index (κ2) is 11.2. The van der Waals surface area contributed by atoms with Gasteiger partial charge in [0.2, 0.25) is 5.91 Å². The van der Waals surface area contributed by atoms with Gasteiger partial charge in [0.25, 0.3) is 5.91 Å². The lowest BCUT2D eigenvalue weighted by Gasteiger charge is -2.32. The third kappa shape index (κ3) is 5.77. The molecule has 3 aromatic carbocycles. The summed E-state index contributed by atoms with van der Waals surface area (Å²) >= 11 is 0. The van der Waals surface area contributed by atoms with Crippen molar-refractivity contribution in [2.45, 2.75) is 25.9 Å². The number of carbonyl (C=O) groups is 2. The summed E-state index contributed by atoms with van der Waals surface area (Å²) in [7, 11) is 2.17. The van der Waals surface area contributed by atoms with Crippen molar-refractivity contribution in [3.05, 3.63) is 83.4 Å². The number of piperidine rings is 1. The number of fused-ring (bicyclic) bond motifs is 1. The van der Waals surface area contributed by atoms with Gasteiger partial charge in [-0.1, -0.05) is 60.7 Å². The average molecular weight is 485 g/mol. The summed E-state index contributed by atoms with van der Waals surface area (Å²) in [5, 5.41) is 5.14. The van der Waals surface area contributed by atoms with Crippen LogP contribution in [0.25, 0.3) is 10.8 Å². The number of amides is 2. The Hall–Kier alpha value is -3.22. The molecular formula is C30H36N4O2. The fourth-order valence-corrected chi connectivity index (χ4v) is 5.32. The number of nitrogens with one attached hydrogen (secondary N) is 1. The van der Waals surface area contributed by atoms with Crippen LogP contribution in [0.3, 0.4) is 0 Å². The largest absolute Gasteiger partial charge is 0.352 e. The Morgan fingerprint density at radius 1 is 0.861 bits per heavy atom. The molecule has 3 aromatic rings. The zero-order chi connectivity index (χ0) is 24.9. The molecule has 0 radical (unpaired) electrons. The van der Waals surface area contributed by atoms with Gasteiger partial charge in [0.1, 0.15) is 0 Å². The van der Waals surface area contributed by atoms with Crippen molar-refractivity contribution >= 4 is 22.6 Å². The maximum atomic E-state index is 13.3. The summed E-state index contributed by atoms with van der Waals surface area (Å²) < 4.78 is 0. The first-order valence-electron chi connectivity index (χ1n) is 13.1. The van der Waals surface area contributed by atoms with E-state index in [0.29, 0.717) is 25.2 Å². The highest BCUT2D eigenvalue weighted by Crippen LogP contribution is 2.24. The molecule has 2 aliphatic rings. The van der Waals surface area contributed by atoms with Crippen molar-refractivity contribution in [1.82, 2.24) is 20.0 Å². The van der Waals surface area contributed by atoms with Crippen LogP contribution in [0.4, 0.5) is 0 Å². The van der Waals surface area contributed by atoms with Crippen LogP contribution >= 0.6 is 0 Å². The van der Waals surface area contributed by atoms with E-state index in [9.17, 15) is 9.59 Å². The molecule has 2 heterocycles. The monoisotopic (exact) mass is 484 g/mol. The van der Waals surface area contributed by atoms with Crippen LogP contribution < -0.4 is 5.32 Å². The maximum absolute atomic E-state index is 13.3. The van der Waals surface area contributed by atoms with E-state index in [1.165, 1.54) is 5.56 Å². The van der Waals surface area contributed by atoms with Gasteiger partial charge in [-0.25, -0.2) is 0 Å². The molecular weight excluding hydrogens is 448 g/mol. The molecule has 2 amide bonds. The van der Waals surface area contributed by atoms with Crippen molar-refractivity contribution in [2.24, 2.45) is 5.92 Å². The Bertz CT molecular complexity index is 1200. The SMILES string of the molecule is CN1CCN(Cc2ccc(CNC(=O)C3CCCN(C(=O)c4cccc5ccccc45)C3)cc2)CC1. The minimum Gasteiger partial charge on any atom is -0.352 e. The number of hydrogen-bond donors (Lipinski definition) is 1. The standard InChI is InChI=1S/C30H36N4O2/c1-32-16-18-33(19-17-32)21-24-13-11-23(12-14-24)20-31-29(35)26-8-5-15-34(22-26)30(36)28-10-4-7-25-6-2-3-9-27(25)28/h2-4,6-7,9-14,26H,5,8,15-22H2,1H3,(H,31,35). The third-order valence-electron chi connectivity index (χ3n) is 7.59. The van der Waals surface area contributed by atoms with Gasteiger partial charge in [0, 0.05) is 57.9 Å². The number of nitrogens with zero attached hydrogens (tertiary/aromatic N) is 3. The van der Waals surface area contributed by atoms with E-state index in [4.69, 9.17) is 0 Å². The highest BCUT2D eigenvalue weighted by Gasteiger charge is 2.29. The fourth-order valence-electron chi connectivity index (χ4n) is 5.32. The Morgan fingerprint density at radius 3 is 2.39 bits per heavy atom. The van der Waals surface area contributed by atoms with E-state index >= 15 is 0 Å². The summed E-state index contributed by atoms with van der Waals surface area (Å²) in [4.78, 5) is 33.0. The molecule has 2 aliphatic heterocycles. The van der Waals surface area contributed by atoms with Crippen molar-refractivity contribution in [3.63, 3.8) is 0 Å². The van der Waals surface area contributed by atoms with Crippen LogP contribution in [0.5, 0.6) is 0 Å². The highest BCUT2D eigenvalue weighted by atomic mass is 16.2. The number of likely N-dealkylation sites (tertiary alicyclic amines) is 1. The van der Waals surface area contributed by atoms with Crippen molar-refractivity contribution in [1.29, 1.82) is 0 Å². The lowest BCUT2D eigenvalue weighted by atomic mass is 9.95. The minimum atomic E-state index is -0.172. The molecule has 188 valence electrons. The van der Waals surface area contributed by atoms with Gasteiger partial charge in [0.05, 0.1) is 5.92 Å². The number of carbonyl (C=O) groups excluding carboxylic acids is 2. The highest BCUT2D eigenvalue weighted by molar-refractivity contribution is 6.07. The number of piperazine rings is 1. The molecule has 0 spiro atoms. The van der Waals surface area contributed by atoms with E-state index in [1.807, 2.05) is 47.4 Å². The number of likely N-dealkylation sites (N-methyl/N-ethyl adjacent to an activating group) is 1. The van der Waals surface area contributed by atoms with Gasteiger partial charge in [0.15, 0.2) is 0 Å². The van der Waals surface area contributed by atoms with Crippen molar-refractivity contribution in [3.8, 4) is 0 Å². The molecule has 6 nitrogen and oxygen atoms in total. The van der Waals surface area contributed by atoms with Crippen LogP contribution in [-0.2, 0) is 17.9 Å². The van der Waals surface area contributed by atoms with Crippen LogP contribution in [0, 0.1) is 5.92 Å². The summed E-state index contributed by atoms with van der Waals surface area (Å²) in [5.41, 5.74) is 3.13. The molecule has 0 bridgehead atoms. The first-order valence-corrected chi connectivity index (χ1v) is 13.1. The zero-order valence-corrected chi connectivity index (χ0v) is 21.2. The van der Waals surface area contributed by atoms with Gasteiger partial charge in [-0.2, -0.15) is 0 Å². The van der Waals surface area contributed by atoms with Gasteiger partial charge in [-0.05, 0) is 47.9 Å².